The fraction of sp³-hybridized carbons (Fsp3) is 0.500. The minimum absolute atomic E-state index is 0. The Labute approximate surface area is 166 Å². The summed E-state index contributed by atoms with van der Waals surface area (Å²) in [5.74, 6) is -2.67. The Hall–Kier alpha value is -0.550. The second kappa shape index (κ2) is 8.52. The van der Waals surface area contributed by atoms with E-state index in [0.717, 1.165) is 4.90 Å². The molecule has 120 valence electrons. The van der Waals surface area contributed by atoms with Crippen LogP contribution in [0.2, 0.25) is 0 Å². The summed E-state index contributed by atoms with van der Waals surface area (Å²) in [6.07, 6.45) is 0. The minimum atomic E-state index is -1.51. The van der Waals surface area contributed by atoms with Crippen LogP contribution >= 0.6 is 27.7 Å². The largest absolute Gasteiger partial charge is 1.00 e. The van der Waals surface area contributed by atoms with Crippen molar-refractivity contribution in [2.24, 2.45) is 0 Å². The van der Waals surface area contributed by atoms with Gasteiger partial charge in [-0.2, -0.15) is 0 Å². The molecule has 0 aromatic rings. The van der Waals surface area contributed by atoms with Gasteiger partial charge in [0, 0.05) is 18.2 Å². The Balaban J connectivity index is 0.00000264. The molecule has 2 heterocycles. The molecule has 23 heavy (non-hydrogen) atoms. The van der Waals surface area contributed by atoms with Crippen LogP contribution in [0.15, 0.2) is 11.3 Å². The zero-order chi connectivity index (χ0) is 16.4. The second-order valence-electron chi connectivity index (χ2n) is 4.61. The summed E-state index contributed by atoms with van der Waals surface area (Å²) in [6, 6.07) is -0.764. The first-order valence-corrected chi connectivity index (χ1v) is 8.40. The van der Waals surface area contributed by atoms with Gasteiger partial charge in [0.1, 0.15) is 18.0 Å². The van der Waals surface area contributed by atoms with Crippen molar-refractivity contribution in [3.8, 4) is 0 Å². The SMILES string of the molecule is CC(=O)OCC1=C(C(=O)[O-])N2C(=O)[C@@H](NC(=O)CBr)[C@H]2SC1.[Na+]. The number of amides is 2. The van der Waals surface area contributed by atoms with Crippen molar-refractivity contribution in [2.75, 3.05) is 17.7 Å². The van der Waals surface area contributed by atoms with Crippen molar-refractivity contribution in [1.82, 2.24) is 10.2 Å². The van der Waals surface area contributed by atoms with Crippen molar-refractivity contribution in [2.45, 2.75) is 18.3 Å². The number of aliphatic carboxylic acids is 1. The number of alkyl halides is 1. The number of halogens is 1. The number of hydrogen-bond donors (Lipinski definition) is 1. The number of carbonyl (C=O) groups is 4. The molecule has 2 rings (SSSR count). The zero-order valence-corrected chi connectivity index (χ0v) is 16.9. The van der Waals surface area contributed by atoms with Crippen LogP contribution in [0.3, 0.4) is 0 Å². The summed E-state index contributed by atoms with van der Waals surface area (Å²) in [5.41, 5.74) is 0.0226. The summed E-state index contributed by atoms with van der Waals surface area (Å²) in [7, 11) is 0. The zero-order valence-electron chi connectivity index (χ0n) is 12.5. The molecular weight excluding hydrogens is 403 g/mol. The van der Waals surface area contributed by atoms with E-state index >= 15 is 0 Å². The van der Waals surface area contributed by atoms with Gasteiger partial charge < -0.3 is 20.0 Å². The van der Waals surface area contributed by atoms with Crippen LogP contribution in [-0.2, 0) is 23.9 Å². The molecule has 2 amide bonds. The fourth-order valence-corrected chi connectivity index (χ4v) is 3.67. The maximum absolute atomic E-state index is 12.1. The molecule has 0 radical (unpaired) electrons. The molecule has 1 saturated heterocycles. The van der Waals surface area contributed by atoms with E-state index in [1.165, 1.54) is 18.7 Å². The number of carbonyl (C=O) groups excluding carboxylic acids is 4. The first-order valence-electron chi connectivity index (χ1n) is 6.23. The molecule has 0 aromatic carbocycles. The third-order valence-electron chi connectivity index (χ3n) is 3.13. The topological polar surface area (TPSA) is 116 Å². The van der Waals surface area contributed by atoms with Gasteiger partial charge in [-0.3, -0.25) is 19.3 Å². The van der Waals surface area contributed by atoms with Crippen LogP contribution in [-0.4, -0.2) is 57.8 Å². The number of β-lactam (4-membered cyclic amide) rings is 1. The van der Waals surface area contributed by atoms with E-state index < -0.39 is 29.3 Å². The number of ether oxygens (including phenoxy) is 1. The number of rotatable bonds is 5. The van der Waals surface area contributed by atoms with E-state index in [0.29, 0.717) is 5.57 Å². The standard InChI is InChI=1S/C12H13BrN2O6S.Na/c1-5(16)21-3-6-4-22-11-8(14-7(17)2-13)10(18)15(11)9(6)12(19)20;/h8,11H,2-4H2,1H3,(H,14,17)(H,19,20);/q;+1/p-1/t8-,11-;/m1./s1. The molecule has 0 saturated carbocycles. The van der Waals surface area contributed by atoms with Gasteiger partial charge in [0.2, 0.25) is 5.91 Å². The first kappa shape index (κ1) is 20.5. The molecule has 2 atom stereocenters. The van der Waals surface area contributed by atoms with E-state index in [1.54, 1.807) is 0 Å². The van der Waals surface area contributed by atoms with E-state index in [-0.39, 0.29) is 58.9 Å². The van der Waals surface area contributed by atoms with Crippen molar-refractivity contribution < 1.29 is 58.6 Å². The number of fused-ring (bicyclic) bond motifs is 1. The summed E-state index contributed by atoms with van der Waals surface area (Å²) in [5, 5.41) is 13.4. The molecule has 11 heteroatoms. The number of nitrogens with zero attached hydrogens (tertiary/aromatic N) is 1. The van der Waals surface area contributed by atoms with Gasteiger partial charge in [-0.05, 0) is 0 Å². The normalized spacial score (nSPS) is 22.5. The molecule has 2 aliphatic rings. The number of carboxylic acids is 1. The third-order valence-corrected chi connectivity index (χ3v) is 4.98. The second-order valence-corrected chi connectivity index (χ2v) is 6.27. The van der Waals surface area contributed by atoms with Gasteiger partial charge in [0.05, 0.1) is 17.0 Å². The molecule has 1 N–H and O–H groups in total. The maximum Gasteiger partial charge on any atom is 1.00 e. The van der Waals surface area contributed by atoms with Crippen molar-refractivity contribution in [3.05, 3.63) is 11.3 Å². The van der Waals surface area contributed by atoms with Gasteiger partial charge in [-0.1, -0.05) is 15.9 Å². The van der Waals surface area contributed by atoms with E-state index in [4.69, 9.17) is 4.74 Å². The fourth-order valence-electron chi connectivity index (χ4n) is 2.18. The predicted octanol–water partition coefficient (Wildman–Crippen LogP) is -4.65. The van der Waals surface area contributed by atoms with Gasteiger partial charge in [0.25, 0.3) is 5.91 Å². The number of esters is 1. The third kappa shape index (κ3) is 4.30. The summed E-state index contributed by atoms with van der Waals surface area (Å²) in [4.78, 5) is 46.7. The summed E-state index contributed by atoms with van der Waals surface area (Å²) < 4.78 is 4.80. The van der Waals surface area contributed by atoms with Crippen LogP contribution in [0.25, 0.3) is 0 Å². The van der Waals surface area contributed by atoms with Crippen molar-refractivity contribution in [3.63, 3.8) is 0 Å². The van der Waals surface area contributed by atoms with Crippen molar-refractivity contribution in [1.29, 1.82) is 0 Å². The number of nitrogens with one attached hydrogen (secondary N) is 1. The Kier molecular flexibility index (Phi) is 7.59. The van der Waals surface area contributed by atoms with Crippen molar-refractivity contribution >= 4 is 51.4 Å². The number of hydrogen-bond acceptors (Lipinski definition) is 7. The van der Waals surface area contributed by atoms with Crippen LogP contribution in [0, 0.1) is 0 Å². The Morgan fingerprint density at radius 3 is 2.65 bits per heavy atom. The summed E-state index contributed by atoms with van der Waals surface area (Å²) in [6.45, 7) is 0.999. The Bertz CT molecular complexity index is 584. The molecule has 8 nitrogen and oxygen atoms in total. The Morgan fingerprint density at radius 2 is 2.13 bits per heavy atom. The smallest absolute Gasteiger partial charge is 0.543 e. The molecule has 0 unspecified atom stereocenters. The molecule has 1 fully saturated rings. The number of thioether (sulfide) groups is 1. The molecule has 0 spiro atoms. The van der Waals surface area contributed by atoms with Crippen LogP contribution in [0.1, 0.15) is 6.92 Å². The average molecular weight is 415 g/mol. The van der Waals surface area contributed by atoms with E-state index in [1.807, 2.05) is 0 Å². The average Bonchev–Trinajstić information content (AvgIpc) is 2.48. The predicted molar refractivity (Wildman–Crippen MR) is 77.5 cm³/mol. The monoisotopic (exact) mass is 414 g/mol. The van der Waals surface area contributed by atoms with Gasteiger partial charge in [-0.15, -0.1) is 11.8 Å². The molecule has 0 aromatic heterocycles. The van der Waals surface area contributed by atoms with Gasteiger partial charge >= 0.3 is 35.5 Å². The molecule has 0 aliphatic carbocycles. The van der Waals surface area contributed by atoms with E-state index in [2.05, 4.69) is 21.2 Å². The quantitative estimate of drug-likeness (QED) is 0.208. The van der Waals surface area contributed by atoms with E-state index in [9.17, 15) is 24.3 Å². The minimum Gasteiger partial charge on any atom is -0.543 e. The molecular formula is C12H12BrN2NaO6S. The molecule has 2 aliphatic heterocycles. The van der Waals surface area contributed by atoms with Gasteiger partial charge in [-0.25, -0.2) is 0 Å². The van der Waals surface area contributed by atoms with Crippen LogP contribution in [0.4, 0.5) is 0 Å². The Morgan fingerprint density at radius 1 is 1.48 bits per heavy atom. The van der Waals surface area contributed by atoms with Crippen LogP contribution in [0.5, 0.6) is 0 Å². The maximum atomic E-state index is 12.1. The summed E-state index contributed by atoms with van der Waals surface area (Å²) >= 11 is 4.27. The number of carboxylic acid groups (broad SMARTS) is 1. The molecule has 0 bridgehead atoms. The first-order chi connectivity index (χ1) is 10.4. The van der Waals surface area contributed by atoms with Gasteiger partial charge in [0.15, 0.2) is 0 Å². The van der Waals surface area contributed by atoms with Crippen LogP contribution < -0.4 is 40.0 Å².